The van der Waals surface area contributed by atoms with Crippen LogP contribution in [0.15, 0.2) is 27.6 Å². The maximum absolute atomic E-state index is 13.7. The van der Waals surface area contributed by atoms with Gasteiger partial charge in [-0.15, -0.1) is 11.6 Å². The third-order valence-electron chi connectivity index (χ3n) is 2.84. The van der Waals surface area contributed by atoms with Crippen molar-refractivity contribution in [2.45, 2.75) is 23.1 Å². The standard InChI is InChI=1S/C11H12BrClFNO2S/c12-8-3-4-11(10(14)6-8)18(16,17)15-5-1-2-9(13)7-15/h3-4,6,9H,1-2,5,7H2. The van der Waals surface area contributed by atoms with E-state index in [4.69, 9.17) is 11.6 Å². The van der Waals surface area contributed by atoms with Gasteiger partial charge in [0.05, 0.1) is 0 Å². The van der Waals surface area contributed by atoms with E-state index in [0.29, 0.717) is 17.4 Å². The first-order chi connectivity index (χ1) is 8.41. The van der Waals surface area contributed by atoms with Crippen molar-refractivity contribution in [1.82, 2.24) is 4.31 Å². The van der Waals surface area contributed by atoms with Gasteiger partial charge < -0.3 is 0 Å². The van der Waals surface area contributed by atoms with Crippen molar-refractivity contribution < 1.29 is 12.8 Å². The molecule has 0 aromatic heterocycles. The fourth-order valence-corrected chi connectivity index (χ4v) is 4.24. The Balaban J connectivity index is 2.35. The van der Waals surface area contributed by atoms with Crippen molar-refractivity contribution in [1.29, 1.82) is 0 Å². The second kappa shape index (κ2) is 5.45. The number of hydrogen-bond acceptors (Lipinski definition) is 2. The Kier molecular flexibility index (Phi) is 4.31. The van der Waals surface area contributed by atoms with Gasteiger partial charge in [0.1, 0.15) is 10.7 Å². The van der Waals surface area contributed by atoms with Gasteiger partial charge in [-0.3, -0.25) is 0 Å². The second-order valence-corrected chi connectivity index (χ2v) is 7.62. The average molecular weight is 357 g/mol. The molecule has 1 heterocycles. The zero-order chi connectivity index (χ0) is 13.3. The molecule has 0 radical (unpaired) electrons. The van der Waals surface area contributed by atoms with Crippen molar-refractivity contribution >= 4 is 37.6 Å². The summed E-state index contributed by atoms with van der Waals surface area (Å²) in [6, 6.07) is 3.93. The lowest BCUT2D eigenvalue weighted by molar-refractivity contribution is 0.349. The zero-order valence-corrected chi connectivity index (χ0v) is 12.6. The Morgan fingerprint density at radius 3 is 2.78 bits per heavy atom. The minimum Gasteiger partial charge on any atom is -0.207 e. The Labute approximate surface area is 119 Å². The highest BCUT2D eigenvalue weighted by Gasteiger charge is 2.31. The van der Waals surface area contributed by atoms with E-state index in [1.807, 2.05) is 0 Å². The lowest BCUT2D eigenvalue weighted by atomic mass is 10.2. The summed E-state index contributed by atoms with van der Waals surface area (Å²) >= 11 is 9.06. The third kappa shape index (κ3) is 2.87. The van der Waals surface area contributed by atoms with Gasteiger partial charge in [0.25, 0.3) is 0 Å². The van der Waals surface area contributed by atoms with Crippen LogP contribution in [0.25, 0.3) is 0 Å². The third-order valence-corrected chi connectivity index (χ3v) is 5.59. The highest BCUT2D eigenvalue weighted by atomic mass is 79.9. The van der Waals surface area contributed by atoms with E-state index in [1.165, 1.54) is 16.4 Å². The molecule has 0 amide bonds. The molecule has 1 aromatic rings. The highest BCUT2D eigenvalue weighted by molar-refractivity contribution is 9.10. The number of alkyl halides is 1. The SMILES string of the molecule is O=S(=O)(c1ccc(Br)cc1F)N1CCCC(Cl)C1. The Morgan fingerprint density at radius 2 is 2.17 bits per heavy atom. The fourth-order valence-electron chi connectivity index (χ4n) is 1.93. The predicted octanol–water partition coefficient (Wildman–Crippen LogP) is 2.98. The van der Waals surface area contributed by atoms with E-state index in [9.17, 15) is 12.8 Å². The molecular weight excluding hydrogens is 345 g/mol. The highest BCUT2D eigenvalue weighted by Crippen LogP contribution is 2.26. The molecule has 1 unspecified atom stereocenters. The minimum absolute atomic E-state index is 0.202. The molecule has 1 aliphatic heterocycles. The number of sulfonamides is 1. The number of nitrogens with zero attached hydrogens (tertiary/aromatic N) is 1. The van der Waals surface area contributed by atoms with Gasteiger partial charge in [-0.1, -0.05) is 15.9 Å². The molecule has 1 atom stereocenters. The van der Waals surface area contributed by atoms with Crippen LogP contribution in [-0.4, -0.2) is 31.2 Å². The van der Waals surface area contributed by atoms with Crippen molar-refractivity contribution in [3.05, 3.63) is 28.5 Å². The van der Waals surface area contributed by atoms with Crippen LogP contribution < -0.4 is 0 Å². The number of benzene rings is 1. The van der Waals surface area contributed by atoms with Crippen molar-refractivity contribution in [3.8, 4) is 0 Å². The lowest BCUT2D eigenvalue weighted by Crippen LogP contribution is -2.40. The molecule has 1 fully saturated rings. The van der Waals surface area contributed by atoms with E-state index in [2.05, 4.69) is 15.9 Å². The molecule has 3 nitrogen and oxygen atoms in total. The molecule has 0 bridgehead atoms. The normalized spacial score (nSPS) is 22.1. The van der Waals surface area contributed by atoms with Crippen LogP contribution in [0, 0.1) is 5.82 Å². The van der Waals surface area contributed by atoms with Crippen LogP contribution in [0.1, 0.15) is 12.8 Å². The quantitative estimate of drug-likeness (QED) is 0.764. The number of hydrogen-bond donors (Lipinski definition) is 0. The smallest absolute Gasteiger partial charge is 0.207 e. The van der Waals surface area contributed by atoms with E-state index in [0.717, 1.165) is 12.5 Å². The van der Waals surface area contributed by atoms with Crippen LogP contribution in [-0.2, 0) is 10.0 Å². The van der Waals surface area contributed by atoms with Gasteiger partial charge in [-0.25, -0.2) is 12.8 Å². The first kappa shape index (κ1) is 14.2. The van der Waals surface area contributed by atoms with Crippen molar-refractivity contribution in [3.63, 3.8) is 0 Å². The summed E-state index contributed by atoms with van der Waals surface area (Å²) in [5.74, 6) is -0.749. The molecule has 7 heteroatoms. The van der Waals surface area contributed by atoms with Gasteiger partial charge in [0.2, 0.25) is 10.0 Å². The van der Waals surface area contributed by atoms with Crippen LogP contribution in [0.4, 0.5) is 4.39 Å². The average Bonchev–Trinajstić information content (AvgIpc) is 2.28. The lowest BCUT2D eigenvalue weighted by Gasteiger charge is -2.29. The molecule has 0 N–H and O–H groups in total. The molecule has 0 saturated carbocycles. The summed E-state index contributed by atoms with van der Waals surface area (Å²) in [7, 11) is -3.79. The Morgan fingerprint density at radius 1 is 1.44 bits per heavy atom. The number of halogens is 3. The fraction of sp³-hybridized carbons (Fsp3) is 0.455. The molecule has 1 aromatic carbocycles. The largest absolute Gasteiger partial charge is 0.246 e. The Hall–Kier alpha value is -0.170. The van der Waals surface area contributed by atoms with Gasteiger partial charge in [0.15, 0.2) is 0 Å². The van der Waals surface area contributed by atoms with Crippen LogP contribution in [0.3, 0.4) is 0 Å². The summed E-state index contributed by atoms with van der Waals surface area (Å²) in [6.45, 7) is 0.625. The van der Waals surface area contributed by atoms with E-state index in [-0.39, 0.29) is 16.8 Å². The molecule has 0 spiro atoms. The summed E-state index contributed by atoms with van der Waals surface area (Å²) in [6.07, 6.45) is 1.49. The monoisotopic (exact) mass is 355 g/mol. The van der Waals surface area contributed by atoms with Crippen LogP contribution in [0.2, 0.25) is 0 Å². The number of rotatable bonds is 2. The molecule has 1 saturated heterocycles. The molecular formula is C11H12BrClFNO2S. The van der Waals surface area contributed by atoms with Gasteiger partial charge in [-0.05, 0) is 31.0 Å². The molecule has 18 heavy (non-hydrogen) atoms. The maximum Gasteiger partial charge on any atom is 0.246 e. The summed E-state index contributed by atoms with van der Waals surface area (Å²) in [4.78, 5) is -0.295. The van der Waals surface area contributed by atoms with Crippen LogP contribution in [0.5, 0.6) is 0 Å². The van der Waals surface area contributed by atoms with Crippen molar-refractivity contribution in [2.24, 2.45) is 0 Å². The Bertz CT molecular complexity index is 552. The van der Waals surface area contributed by atoms with Gasteiger partial charge in [-0.2, -0.15) is 4.31 Å². The first-order valence-electron chi connectivity index (χ1n) is 5.50. The summed E-state index contributed by atoms with van der Waals surface area (Å²) in [5.41, 5.74) is 0. The van der Waals surface area contributed by atoms with Crippen LogP contribution >= 0.6 is 27.5 Å². The minimum atomic E-state index is -3.79. The first-order valence-corrected chi connectivity index (χ1v) is 8.17. The number of piperidine rings is 1. The van der Waals surface area contributed by atoms with E-state index in [1.54, 1.807) is 0 Å². The van der Waals surface area contributed by atoms with Gasteiger partial charge in [0, 0.05) is 22.9 Å². The summed E-state index contributed by atoms with van der Waals surface area (Å²) in [5, 5.41) is -0.202. The molecule has 2 rings (SSSR count). The van der Waals surface area contributed by atoms with E-state index >= 15 is 0 Å². The van der Waals surface area contributed by atoms with Gasteiger partial charge >= 0.3 is 0 Å². The summed E-state index contributed by atoms with van der Waals surface area (Å²) < 4.78 is 40.0. The predicted molar refractivity (Wildman–Crippen MR) is 71.7 cm³/mol. The molecule has 100 valence electrons. The van der Waals surface area contributed by atoms with E-state index < -0.39 is 15.8 Å². The zero-order valence-electron chi connectivity index (χ0n) is 9.44. The van der Waals surface area contributed by atoms with Crippen molar-refractivity contribution in [2.75, 3.05) is 13.1 Å². The molecule has 0 aliphatic carbocycles. The molecule has 1 aliphatic rings. The maximum atomic E-state index is 13.7. The second-order valence-electron chi connectivity index (χ2n) is 4.18. The topological polar surface area (TPSA) is 37.4 Å².